The fraction of sp³-hybridized carbons (Fsp3) is 0.700. The summed E-state index contributed by atoms with van der Waals surface area (Å²) in [4.78, 5) is 0. The zero-order chi connectivity index (χ0) is 9.10. The van der Waals surface area contributed by atoms with Crippen molar-refractivity contribution in [2.45, 2.75) is 38.3 Å². The molecule has 3 heteroatoms. The van der Waals surface area contributed by atoms with Crippen LogP contribution in [0.2, 0.25) is 0 Å². The van der Waals surface area contributed by atoms with E-state index in [4.69, 9.17) is 0 Å². The number of nitrogens with one attached hydrogen (secondary N) is 1. The Kier molecular flexibility index (Phi) is 2.64. The maximum Gasteiger partial charge on any atom is 0.0525 e. The highest BCUT2D eigenvalue weighted by Crippen LogP contribution is 2.29. The molecule has 0 spiro atoms. The Balaban J connectivity index is 2.13. The second-order valence-corrected chi connectivity index (χ2v) is 3.74. The van der Waals surface area contributed by atoms with E-state index in [9.17, 15) is 0 Å². The van der Waals surface area contributed by atoms with Crippen LogP contribution in [-0.4, -0.2) is 16.8 Å². The first-order valence-electron chi connectivity index (χ1n) is 5.09. The molecule has 0 unspecified atom stereocenters. The molecule has 1 fully saturated rings. The summed E-state index contributed by atoms with van der Waals surface area (Å²) >= 11 is 0. The average molecular weight is 179 g/mol. The van der Waals surface area contributed by atoms with Crippen molar-refractivity contribution in [3.8, 4) is 0 Å². The van der Waals surface area contributed by atoms with E-state index in [1.54, 1.807) is 0 Å². The van der Waals surface area contributed by atoms with E-state index in [1.807, 2.05) is 13.2 Å². The SMILES string of the molecule is CNCc1ccnn1C1CCCC1. The lowest BCUT2D eigenvalue weighted by Crippen LogP contribution is -2.15. The van der Waals surface area contributed by atoms with Crippen molar-refractivity contribution in [3.05, 3.63) is 18.0 Å². The van der Waals surface area contributed by atoms with E-state index in [1.165, 1.54) is 31.4 Å². The summed E-state index contributed by atoms with van der Waals surface area (Å²) < 4.78 is 2.20. The van der Waals surface area contributed by atoms with Crippen molar-refractivity contribution in [3.63, 3.8) is 0 Å². The monoisotopic (exact) mass is 179 g/mol. The molecule has 1 N–H and O–H groups in total. The molecule has 1 aromatic rings. The summed E-state index contributed by atoms with van der Waals surface area (Å²) in [5.41, 5.74) is 1.31. The second-order valence-electron chi connectivity index (χ2n) is 3.74. The Bertz CT molecular complexity index is 261. The molecule has 1 aromatic heterocycles. The van der Waals surface area contributed by atoms with Crippen LogP contribution in [0.15, 0.2) is 12.3 Å². The minimum atomic E-state index is 0.665. The van der Waals surface area contributed by atoms with Gasteiger partial charge >= 0.3 is 0 Å². The molecular formula is C10H17N3. The van der Waals surface area contributed by atoms with Gasteiger partial charge in [0.1, 0.15) is 0 Å². The predicted octanol–water partition coefficient (Wildman–Crippen LogP) is 1.72. The molecule has 0 radical (unpaired) electrons. The summed E-state index contributed by atoms with van der Waals surface area (Å²) in [6.07, 6.45) is 7.24. The summed E-state index contributed by atoms with van der Waals surface area (Å²) in [5.74, 6) is 0. The fourth-order valence-corrected chi connectivity index (χ4v) is 2.14. The fourth-order valence-electron chi connectivity index (χ4n) is 2.14. The van der Waals surface area contributed by atoms with Crippen LogP contribution in [-0.2, 0) is 6.54 Å². The molecule has 0 amide bonds. The molecule has 2 rings (SSSR count). The Hall–Kier alpha value is -0.830. The Labute approximate surface area is 79.1 Å². The first kappa shape index (κ1) is 8.75. The first-order valence-corrected chi connectivity index (χ1v) is 5.09. The molecule has 0 saturated heterocycles. The molecule has 1 heterocycles. The van der Waals surface area contributed by atoms with Crippen LogP contribution >= 0.6 is 0 Å². The van der Waals surface area contributed by atoms with Gasteiger partial charge in [-0.2, -0.15) is 5.10 Å². The topological polar surface area (TPSA) is 29.9 Å². The minimum Gasteiger partial charge on any atom is -0.314 e. The van der Waals surface area contributed by atoms with E-state index in [0.29, 0.717) is 6.04 Å². The van der Waals surface area contributed by atoms with E-state index < -0.39 is 0 Å². The van der Waals surface area contributed by atoms with Crippen LogP contribution in [0.1, 0.15) is 37.4 Å². The average Bonchev–Trinajstić information content (AvgIpc) is 2.71. The predicted molar refractivity (Wildman–Crippen MR) is 52.5 cm³/mol. The Morgan fingerprint density at radius 1 is 1.54 bits per heavy atom. The zero-order valence-electron chi connectivity index (χ0n) is 8.16. The van der Waals surface area contributed by atoms with Crippen molar-refractivity contribution in [1.82, 2.24) is 15.1 Å². The van der Waals surface area contributed by atoms with Crippen molar-refractivity contribution in [2.75, 3.05) is 7.05 Å². The lowest BCUT2D eigenvalue weighted by Gasteiger charge is -2.13. The number of hydrogen-bond acceptors (Lipinski definition) is 2. The third-order valence-corrected chi connectivity index (χ3v) is 2.78. The van der Waals surface area contributed by atoms with Crippen molar-refractivity contribution < 1.29 is 0 Å². The second kappa shape index (κ2) is 3.92. The van der Waals surface area contributed by atoms with Gasteiger partial charge in [-0.3, -0.25) is 4.68 Å². The Morgan fingerprint density at radius 2 is 2.31 bits per heavy atom. The molecule has 0 aliphatic heterocycles. The van der Waals surface area contributed by atoms with Gasteiger partial charge in [0.2, 0.25) is 0 Å². The van der Waals surface area contributed by atoms with E-state index in [2.05, 4.69) is 21.2 Å². The molecule has 13 heavy (non-hydrogen) atoms. The highest BCUT2D eigenvalue weighted by Gasteiger charge is 2.18. The van der Waals surface area contributed by atoms with E-state index in [0.717, 1.165) is 6.54 Å². The molecule has 1 saturated carbocycles. The summed E-state index contributed by atoms with van der Waals surface area (Å²) in [6, 6.07) is 2.77. The lowest BCUT2D eigenvalue weighted by molar-refractivity contribution is 0.445. The number of nitrogens with zero attached hydrogens (tertiary/aromatic N) is 2. The number of rotatable bonds is 3. The van der Waals surface area contributed by atoms with Gasteiger partial charge in [-0.1, -0.05) is 12.8 Å². The van der Waals surface area contributed by atoms with Gasteiger partial charge in [-0.25, -0.2) is 0 Å². The third kappa shape index (κ3) is 1.75. The van der Waals surface area contributed by atoms with Crippen LogP contribution in [0.4, 0.5) is 0 Å². The minimum absolute atomic E-state index is 0.665. The van der Waals surface area contributed by atoms with Crippen LogP contribution in [0.5, 0.6) is 0 Å². The number of aromatic nitrogens is 2. The third-order valence-electron chi connectivity index (χ3n) is 2.78. The Morgan fingerprint density at radius 3 is 3.00 bits per heavy atom. The molecule has 0 atom stereocenters. The maximum absolute atomic E-state index is 4.39. The van der Waals surface area contributed by atoms with E-state index in [-0.39, 0.29) is 0 Å². The largest absolute Gasteiger partial charge is 0.314 e. The molecule has 1 aliphatic carbocycles. The normalized spacial score (nSPS) is 18.2. The van der Waals surface area contributed by atoms with Gasteiger partial charge < -0.3 is 5.32 Å². The van der Waals surface area contributed by atoms with Crippen LogP contribution < -0.4 is 5.32 Å². The van der Waals surface area contributed by atoms with Crippen molar-refractivity contribution in [2.24, 2.45) is 0 Å². The highest BCUT2D eigenvalue weighted by atomic mass is 15.3. The summed E-state index contributed by atoms with van der Waals surface area (Å²) in [5, 5.41) is 7.57. The quantitative estimate of drug-likeness (QED) is 0.765. The zero-order valence-corrected chi connectivity index (χ0v) is 8.16. The molecule has 3 nitrogen and oxygen atoms in total. The maximum atomic E-state index is 4.39. The highest BCUT2D eigenvalue weighted by molar-refractivity contribution is 5.02. The molecule has 72 valence electrons. The van der Waals surface area contributed by atoms with Crippen molar-refractivity contribution >= 4 is 0 Å². The van der Waals surface area contributed by atoms with Gasteiger partial charge in [0.15, 0.2) is 0 Å². The lowest BCUT2D eigenvalue weighted by atomic mass is 10.2. The van der Waals surface area contributed by atoms with Gasteiger partial charge in [0.05, 0.1) is 11.7 Å². The summed E-state index contributed by atoms with van der Waals surface area (Å²) in [7, 11) is 1.98. The van der Waals surface area contributed by atoms with Gasteiger partial charge in [0.25, 0.3) is 0 Å². The van der Waals surface area contributed by atoms with Crippen LogP contribution in [0.3, 0.4) is 0 Å². The molecule has 0 bridgehead atoms. The molecular weight excluding hydrogens is 162 g/mol. The smallest absolute Gasteiger partial charge is 0.0525 e. The number of hydrogen-bond donors (Lipinski definition) is 1. The van der Waals surface area contributed by atoms with Gasteiger partial charge in [-0.15, -0.1) is 0 Å². The van der Waals surface area contributed by atoms with Gasteiger partial charge in [0, 0.05) is 12.7 Å². The van der Waals surface area contributed by atoms with Crippen LogP contribution in [0.25, 0.3) is 0 Å². The molecule has 1 aliphatic rings. The first-order chi connectivity index (χ1) is 6.42. The van der Waals surface area contributed by atoms with E-state index >= 15 is 0 Å². The standard InChI is InChI=1S/C10H17N3/c1-11-8-10-6-7-12-13(10)9-4-2-3-5-9/h6-7,9,11H,2-5,8H2,1H3. The molecule has 0 aromatic carbocycles. The summed E-state index contributed by atoms with van der Waals surface area (Å²) in [6.45, 7) is 0.927. The van der Waals surface area contributed by atoms with Crippen molar-refractivity contribution in [1.29, 1.82) is 0 Å². The van der Waals surface area contributed by atoms with Gasteiger partial charge in [-0.05, 0) is 26.0 Å². The van der Waals surface area contributed by atoms with Crippen LogP contribution in [0, 0.1) is 0 Å².